The van der Waals surface area contributed by atoms with Gasteiger partial charge in [0, 0.05) is 13.0 Å². The quantitative estimate of drug-likeness (QED) is 0.710. The second-order valence-electron chi connectivity index (χ2n) is 4.48. The zero-order chi connectivity index (χ0) is 11.2. The Kier molecular flexibility index (Phi) is 3.97. The maximum Gasteiger partial charge on any atom is 0.220 e. The van der Waals surface area contributed by atoms with Crippen molar-refractivity contribution in [3.8, 4) is 0 Å². The van der Waals surface area contributed by atoms with Crippen molar-refractivity contribution >= 4 is 5.91 Å². The summed E-state index contributed by atoms with van der Waals surface area (Å²) in [5, 5.41) is 2.97. The fraction of sp³-hybridized carbons (Fsp3) is 0.500. The SMILES string of the molecule is O=C1CCCCCc2ccc(cc2)CCN1. The molecular weight excluding hydrogens is 198 g/mol. The molecule has 1 amide bonds. The summed E-state index contributed by atoms with van der Waals surface area (Å²) in [6.45, 7) is 0.762. The Balaban J connectivity index is 2.01. The predicted octanol–water partition coefficient (Wildman–Crippen LogP) is 2.46. The van der Waals surface area contributed by atoms with E-state index in [0.29, 0.717) is 6.42 Å². The molecule has 16 heavy (non-hydrogen) atoms. The molecule has 2 aliphatic rings. The molecule has 1 aromatic carbocycles. The number of nitrogens with one attached hydrogen (secondary N) is 1. The van der Waals surface area contributed by atoms with Crippen LogP contribution < -0.4 is 5.32 Å². The molecule has 0 aliphatic carbocycles. The highest BCUT2D eigenvalue weighted by molar-refractivity contribution is 5.75. The summed E-state index contributed by atoms with van der Waals surface area (Å²) in [6.07, 6.45) is 6.12. The van der Waals surface area contributed by atoms with Crippen LogP contribution in [0, 0.1) is 0 Å². The average molecular weight is 217 g/mol. The van der Waals surface area contributed by atoms with Gasteiger partial charge in [0.15, 0.2) is 0 Å². The molecule has 0 spiro atoms. The molecule has 0 saturated heterocycles. The molecule has 0 unspecified atom stereocenters. The minimum atomic E-state index is 0.204. The molecule has 2 heterocycles. The van der Waals surface area contributed by atoms with Crippen LogP contribution in [-0.4, -0.2) is 12.5 Å². The van der Waals surface area contributed by atoms with Crippen molar-refractivity contribution < 1.29 is 4.79 Å². The first-order chi connectivity index (χ1) is 7.84. The van der Waals surface area contributed by atoms with Gasteiger partial charge >= 0.3 is 0 Å². The Morgan fingerprint density at radius 2 is 1.44 bits per heavy atom. The van der Waals surface area contributed by atoms with Crippen molar-refractivity contribution in [2.45, 2.75) is 38.5 Å². The summed E-state index contributed by atoms with van der Waals surface area (Å²) < 4.78 is 0. The Morgan fingerprint density at radius 3 is 2.19 bits per heavy atom. The number of hydrogen-bond acceptors (Lipinski definition) is 1. The molecule has 3 rings (SSSR count). The molecule has 2 aliphatic heterocycles. The van der Waals surface area contributed by atoms with Gasteiger partial charge in [0.1, 0.15) is 0 Å². The summed E-state index contributed by atoms with van der Waals surface area (Å²) in [5.41, 5.74) is 2.73. The number of benzene rings is 1. The zero-order valence-corrected chi connectivity index (χ0v) is 9.67. The highest BCUT2D eigenvalue weighted by Gasteiger charge is 2.03. The summed E-state index contributed by atoms with van der Waals surface area (Å²) >= 11 is 0. The first-order valence-corrected chi connectivity index (χ1v) is 6.19. The van der Waals surface area contributed by atoms with Crippen LogP contribution in [0.5, 0.6) is 0 Å². The van der Waals surface area contributed by atoms with E-state index in [1.165, 1.54) is 17.5 Å². The van der Waals surface area contributed by atoms with Crippen molar-refractivity contribution in [1.82, 2.24) is 5.32 Å². The third kappa shape index (κ3) is 3.37. The van der Waals surface area contributed by atoms with E-state index in [0.717, 1.165) is 32.2 Å². The van der Waals surface area contributed by atoms with E-state index in [9.17, 15) is 4.79 Å². The molecule has 0 saturated carbocycles. The lowest BCUT2D eigenvalue weighted by atomic mass is 10.0. The lowest BCUT2D eigenvalue weighted by Gasteiger charge is -2.04. The van der Waals surface area contributed by atoms with Crippen LogP contribution in [0.1, 0.15) is 36.8 Å². The number of rotatable bonds is 0. The first-order valence-electron chi connectivity index (χ1n) is 6.19. The van der Waals surface area contributed by atoms with Crippen molar-refractivity contribution in [1.29, 1.82) is 0 Å². The van der Waals surface area contributed by atoms with Crippen LogP contribution in [-0.2, 0) is 17.6 Å². The van der Waals surface area contributed by atoms with E-state index < -0.39 is 0 Å². The zero-order valence-electron chi connectivity index (χ0n) is 9.67. The summed E-state index contributed by atoms with van der Waals surface area (Å²) in [4.78, 5) is 11.4. The van der Waals surface area contributed by atoms with Crippen LogP contribution in [0.2, 0.25) is 0 Å². The molecule has 2 nitrogen and oxygen atoms in total. The van der Waals surface area contributed by atoms with E-state index in [-0.39, 0.29) is 5.91 Å². The van der Waals surface area contributed by atoms with Crippen molar-refractivity contribution in [3.05, 3.63) is 35.4 Å². The molecule has 2 bridgehead atoms. The maximum atomic E-state index is 11.4. The number of carbonyl (C=O) groups is 1. The topological polar surface area (TPSA) is 29.1 Å². The van der Waals surface area contributed by atoms with Crippen molar-refractivity contribution in [2.75, 3.05) is 6.54 Å². The minimum absolute atomic E-state index is 0.204. The number of fused-ring (bicyclic) bond motifs is 10. The van der Waals surface area contributed by atoms with Gasteiger partial charge in [-0.05, 0) is 36.8 Å². The number of aryl methyl sites for hydroxylation is 1. The van der Waals surface area contributed by atoms with E-state index in [2.05, 4.69) is 29.6 Å². The van der Waals surface area contributed by atoms with Crippen LogP contribution >= 0.6 is 0 Å². The molecule has 0 aromatic heterocycles. The van der Waals surface area contributed by atoms with Crippen molar-refractivity contribution in [3.63, 3.8) is 0 Å². The number of amides is 1. The maximum absolute atomic E-state index is 11.4. The summed E-state index contributed by atoms with van der Waals surface area (Å²) in [5.74, 6) is 0.204. The normalized spacial score (nSPS) is 18.1. The Hall–Kier alpha value is -1.31. The van der Waals surface area contributed by atoms with E-state index >= 15 is 0 Å². The lowest BCUT2D eigenvalue weighted by molar-refractivity contribution is -0.121. The van der Waals surface area contributed by atoms with Gasteiger partial charge in [-0.3, -0.25) is 4.79 Å². The minimum Gasteiger partial charge on any atom is -0.356 e. The smallest absolute Gasteiger partial charge is 0.220 e. The number of carbonyl (C=O) groups excluding carboxylic acids is 1. The molecule has 86 valence electrons. The van der Waals surface area contributed by atoms with Crippen LogP contribution in [0.25, 0.3) is 0 Å². The summed E-state index contributed by atoms with van der Waals surface area (Å²) in [6, 6.07) is 8.79. The van der Waals surface area contributed by atoms with Gasteiger partial charge in [0.05, 0.1) is 0 Å². The van der Waals surface area contributed by atoms with Crippen LogP contribution in [0.4, 0.5) is 0 Å². The first kappa shape index (κ1) is 11.2. The monoisotopic (exact) mass is 217 g/mol. The molecule has 2 heteroatoms. The fourth-order valence-corrected chi connectivity index (χ4v) is 2.10. The van der Waals surface area contributed by atoms with Gasteiger partial charge in [0.25, 0.3) is 0 Å². The van der Waals surface area contributed by atoms with Gasteiger partial charge in [0.2, 0.25) is 5.91 Å². The fourth-order valence-electron chi connectivity index (χ4n) is 2.10. The van der Waals surface area contributed by atoms with Gasteiger partial charge < -0.3 is 5.32 Å². The van der Waals surface area contributed by atoms with E-state index in [1.54, 1.807) is 0 Å². The Labute approximate surface area is 97.1 Å². The average Bonchev–Trinajstić information content (AvgIpc) is 2.32. The molecule has 0 fully saturated rings. The van der Waals surface area contributed by atoms with Gasteiger partial charge in [-0.1, -0.05) is 30.7 Å². The largest absolute Gasteiger partial charge is 0.356 e. The van der Waals surface area contributed by atoms with Gasteiger partial charge in [-0.25, -0.2) is 0 Å². The molecular formula is C14H19NO. The predicted molar refractivity (Wildman–Crippen MR) is 65.3 cm³/mol. The summed E-state index contributed by atoms with van der Waals surface area (Å²) in [7, 11) is 0. The van der Waals surface area contributed by atoms with E-state index in [1.807, 2.05) is 0 Å². The molecule has 1 N–H and O–H groups in total. The highest BCUT2D eigenvalue weighted by Crippen LogP contribution is 2.11. The van der Waals surface area contributed by atoms with E-state index in [4.69, 9.17) is 0 Å². The second-order valence-corrected chi connectivity index (χ2v) is 4.48. The second kappa shape index (κ2) is 5.69. The standard InChI is InChI=1S/C14H19NO/c16-14-5-3-1-2-4-12-6-8-13(9-7-12)10-11-15-14/h6-9H,1-5,10-11H2,(H,15,16). The van der Waals surface area contributed by atoms with Gasteiger partial charge in [-0.15, -0.1) is 0 Å². The van der Waals surface area contributed by atoms with Gasteiger partial charge in [-0.2, -0.15) is 0 Å². The lowest BCUT2D eigenvalue weighted by Crippen LogP contribution is -2.25. The molecule has 1 aromatic rings. The highest BCUT2D eigenvalue weighted by atomic mass is 16.1. The van der Waals surface area contributed by atoms with Crippen LogP contribution in [0.3, 0.4) is 0 Å². The Bertz CT molecular complexity index is 342. The molecule has 0 atom stereocenters. The van der Waals surface area contributed by atoms with Crippen LogP contribution in [0.15, 0.2) is 24.3 Å². The number of hydrogen-bond donors (Lipinski definition) is 1. The Morgan fingerprint density at radius 1 is 0.812 bits per heavy atom. The van der Waals surface area contributed by atoms with Crippen molar-refractivity contribution in [2.24, 2.45) is 0 Å². The third-order valence-corrected chi connectivity index (χ3v) is 3.13. The third-order valence-electron chi connectivity index (χ3n) is 3.13. The molecule has 0 radical (unpaired) electrons.